The molecule has 84 valence electrons. The number of aryl methyl sites for hydroxylation is 1. The first kappa shape index (κ1) is 10.7. The highest BCUT2D eigenvalue weighted by atomic mass is 15.1. The van der Waals surface area contributed by atoms with Crippen molar-refractivity contribution in [2.24, 2.45) is 17.9 Å². The number of nitrogens with one attached hydrogen (secondary N) is 1. The summed E-state index contributed by atoms with van der Waals surface area (Å²) in [4.78, 5) is 0. The van der Waals surface area contributed by atoms with Crippen LogP contribution in [0, 0.1) is 10.8 Å². The Morgan fingerprint density at radius 3 is 2.27 bits per heavy atom. The molecule has 1 aromatic heterocycles. The van der Waals surface area contributed by atoms with Gasteiger partial charge in [0, 0.05) is 31.5 Å². The zero-order valence-electron chi connectivity index (χ0n) is 10.5. The van der Waals surface area contributed by atoms with Crippen molar-refractivity contribution in [3.05, 3.63) is 24.0 Å². The Labute approximate surface area is 92.7 Å². The van der Waals surface area contributed by atoms with Crippen LogP contribution in [0.1, 0.15) is 33.4 Å². The summed E-state index contributed by atoms with van der Waals surface area (Å²) in [5, 5.41) is 3.66. The van der Waals surface area contributed by atoms with Gasteiger partial charge in [0.15, 0.2) is 0 Å². The van der Waals surface area contributed by atoms with Crippen molar-refractivity contribution in [3.63, 3.8) is 0 Å². The molecule has 0 bridgehead atoms. The molecule has 0 atom stereocenters. The standard InChI is InChI=1S/C13H22N2/c1-12(2)11(13(12,3)4)14-9-10-7-6-8-15(10)5/h6-8,11,14H,9H2,1-5H3. The summed E-state index contributed by atoms with van der Waals surface area (Å²) in [6.07, 6.45) is 2.10. The first-order chi connectivity index (χ1) is 6.87. The first-order valence-corrected chi connectivity index (χ1v) is 5.71. The Bertz CT molecular complexity index is 346. The van der Waals surface area contributed by atoms with Crippen LogP contribution in [0.15, 0.2) is 18.3 Å². The summed E-state index contributed by atoms with van der Waals surface area (Å²) in [7, 11) is 2.10. The molecule has 0 unspecified atom stereocenters. The van der Waals surface area contributed by atoms with E-state index in [1.54, 1.807) is 0 Å². The van der Waals surface area contributed by atoms with Gasteiger partial charge in [0.2, 0.25) is 0 Å². The van der Waals surface area contributed by atoms with E-state index in [1.807, 2.05) is 0 Å². The average Bonchev–Trinajstić information content (AvgIpc) is 2.49. The summed E-state index contributed by atoms with van der Waals surface area (Å²) in [5.41, 5.74) is 2.21. The molecule has 0 spiro atoms. The molecule has 1 fully saturated rings. The van der Waals surface area contributed by atoms with E-state index in [0.29, 0.717) is 16.9 Å². The molecule has 0 saturated heterocycles. The molecule has 1 heterocycles. The predicted octanol–water partition coefficient (Wildman–Crippen LogP) is 2.55. The topological polar surface area (TPSA) is 17.0 Å². The first-order valence-electron chi connectivity index (χ1n) is 5.71. The molecule has 2 rings (SSSR count). The number of rotatable bonds is 3. The monoisotopic (exact) mass is 206 g/mol. The van der Waals surface area contributed by atoms with E-state index in [-0.39, 0.29) is 0 Å². The highest BCUT2D eigenvalue weighted by Crippen LogP contribution is 2.62. The smallest absolute Gasteiger partial charge is 0.0362 e. The molecule has 2 heteroatoms. The maximum absolute atomic E-state index is 3.66. The minimum absolute atomic E-state index is 0.429. The van der Waals surface area contributed by atoms with Crippen molar-refractivity contribution in [1.82, 2.24) is 9.88 Å². The number of hydrogen-bond donors (Lipinski definition) is 1. The van der Waals surface area contributed by atoms with E-state index in [0.717, 1.165) is 6.54 Å². The van der Waals surface area contributed by atoms with Crippen LogP contribution in [-0.4, -0.2) is 10.6 Å². The van der Waals surface area contributed by atoms with E-state index in [2.05, 4.69) is 63.0 Å². The van der Waals surface area contributed by atoms with Crippen molar-refractivity contribution in [2.75, 3.05) is 0 Å². The minimum Gasteiger partial charge on any atom is -0.353 e. The highest BCUT2D eigenvalue weighted by Gasteiger charge is 2.64. The van der Waals surface area contributed by atoms with Crippen LogP contribution in [-0.2, 0) is 13.6 Å². The van der Waals surface area contributed by atoms with Crippen LogP contribution in [0.5, 0.6) is 0 Å². The molecule has 0 aromatic carbocycles. The van der Waals surface area contributed by atoms with Gasteiger partial charge < -0.3 is 9.88 Å². The van der Waals surface area contributed by atoms with Gasteiger partial charge in [-0.15, -0.1) is 0 Å². The fourth-order valence-electron chi connectivity index (χ4n) is 2.59. The molecule has 0 radical (unpaired) electrons. The molecule has 0 aliphatic heterocycles. The summed E-state index contributed by atoms with van der Waals surface area (Å²) in [5.74, 6) is 0. The lowest BCUT2D eigenvalue weighted by atomic mass is 10.0. The second-order valence-corrected chi connectivity index (χ2v) is 5.87. The number of nitrogens with zero attached hydrogens (tertiary/aromatic N) is 1. The minimum atomic E-state index is 0.429. The Kier molecular flexibility index (Phi) is 2.23. The van der Waals surface area contributed by atoms with E-state index < -0.39 is 0 Å². The largest absolute Gasteiger partial charge is 0.353 e. The average molecular weight is 206 g/mol. The van der Waals surface area contributed by atoms with Crippen LogP contribution >= 0.6 is 0 Å². The summed E-state index contributed by atoms with van der Waals surface area (Å²) in [6.45, 7) is 10.3. The fraction of sp³-hybridized carbons (Fsp3) is 0.692. The van der Waals surface area contributed by atoms with Gasteiger partial charge in [-0.25, -0.2) is 0 Å². The van der Waals surface area contributed by atoms with Crippen molar-refractivity contribution < 1.29 is 0 Å². The van der Waals surface area contributed by atoms with E-state index in [4.69, 9.17) is 0 Å². The maximum atomic E-state index is 3.66. The number of aromatic nitrogens is 1. The lowest BCUT2D eigenvalue weighted by molar-refractivity contribution is 0.457. The zero-order chi connectivity index (χ0) is 11.3. The van der Waals surface area contributed by atoms with Crippen molar-refractivity contribution in [2.45, 2.75) is 40.3 Å². The van der Waals surface area contributed by atoms with Crippen LogP contribution in [0.4, 0.5) is 0 Å². The molecule has 1 aliphatic rings. The fourth-order valence-corrected chi connectivity index (χ4v) is 2.59. The van der Waals surface area contributed by atoms with Crippen molar-refractivity contribution in [1.29, 1.82) is 0 Å². The van der Waals surface area contributed by atoms with Crippen molar-refractivity contribution >= 4 is 0 Å². The Morgan fingerprint density at radius 2 is 1.87 bits per heavy atom. The second kappa shape index (κ2) is 3.11. The summed E-state index contributed by atoms with van der Waals surface area (Å²) < 4.78 is 2.18. The normalized spacial score (nSPS) is 23.0. The molecule has 1 saturated carbocycles. The Balaban J connectivity index is 1.94. The Morgan fingerprint density at radius 1 is 1.27 bits per heavy atom. The third-order valence-corrected chi connectivity index (χ3v) is 4.56. The van der Waals surface area contributed by atoms with Gasteiger partial charge in [0.05, 0.1) is 0 Å². The molecule has 0 amide bonds. The summed E-state index contributed by atoms with van der Waals surface area (Å²) in [6, 6.07) is 4.91. The molecule has 15 heavy (non-hydrogen) atoms. The highest BCUT2D eigenvalue weighted by molar-refractivity contribution is 5.18. The molecule has 2 nitrogen and oxygen atoms in total. The van der Waals surface area contributed by atoms with Gasteiger partial charge in [-0.05, 0) is 23.0 Å². The van der Waals surface area contributed by atoms with E-state index in [9.17, 15) is 0 Å². The van der Waals surface area contributed by atoms with Gasteiger partial charge >= 0.3 is 0 Å². The van der Waals surface area contributed by atoms with Crippen LogP contribution in [0.2, 0.25) is 0 Å². The molecule has 1 aliphatic carbocycles. The second-order valence-electron chi connectivity index (χ2n) is 5.87. The van der Waals surface area contributed by atoms with Crippen LogP contribution in [0.3, 0.4) is 0 Å². The van der Waals surface area contributed by atoms with Gasteiger partial charge in [-0.1, -0.05) is 27.7 Å². The molecular weight excluding hydrogens is 184 g/mol. The van der Waals surface area contributed by atoms with Gasteiger partial charge in [0.1, 0.15) is 0 Å². The SMILES string of the molecule is Cn1cccc1CNC1C(C)(C)C1(C)C. The quantitative estimate of drug-likeness (QED) is 0.804. The van der Waals surface area contributed by atoms with Crippen LogP contribution in [0.25, 0.3) is 0 Å². The lowest BCUT2D eigenvalue weighted by Gasteiger charge is -2.07. The molecular formula is C13H22N2. The van der Waals surface area contributed by atoms with E-state index >= 15 is 0 Å². The van der Waals surface area contributed by atoms with Gasteiger partial charge in [-0.3, -0.25) is 0 Å². The van der Waals surface area contributed by atoms with Crippen molar-refractivity contribution in [3.8, 4) is 0 Å². The van der Waals surface area contributed by atoms with Gasteiger partial charge in [0.25, 0.3) is 0 Å². The van der Waals surface area contributed by atoms with Crippen LogP contribution < -0.4 is 5.32 Å². The third kappa shape index (κ3) is 1.51. The number of hydrogen-bond acceptors (Lipinski definition) is 1. The van der Waals surface area contributed by atoms with E-state index in [1.165, 1.54) is 5.69 Å². The Hall–Kier alpha value is -0.760. The molecule has 1 aromatic rings. The van der Waals surface area contributed by atoms with Gasteiger partial charge in [-0.2, -0.15) is 0 Å². The lowest BCUT2D eigenvalue weighted by Crippen LogP contribution is -2.22. The predicted molar refractivity (Wildman–Crippen MR) is 63.6 cm³/mol. The summed E-state index contributed by atoms with van der Waals surface area (Å²) >= 11 is 0. The maximum Gasteiger partial charge on any atom is 0.0362 e. The third-order valence-electron chi connectivity index (χ3n) is 4.56. The zero-order valence-corrected chi connectivity index (χ0v) is 10.5. The molecule has 1 N–H and O–H groups in total.